The van der Waals surface area contributed by atoms with Crippen LogP contribution in [0.3, 0.4) is 0 Å². The molecular weight excluding hydrogens is 509 g/mol. The molecule has 0 unspecified atom stereocenters. The summed E-state index contributed by atoms with van der Waals surface area (Å²) in [7, 11) is 38.6. The maximum absolute atomic E-state index is 12.7. The van der Waals surface area contributed by atoms with E-state index in [2.05, 4.69) is 24.1 Å². The molecule has 0 saturated carbocycles. The number of ether oxygens (including phenoxy) is 1. The smallest absolute Gasteiger partial charge is 0.311 e. The predicted molar refractivity (Wildman–Crippen MR) is 181 cm³/mol. The summed E-state index contributed by atoms with van der Waals surface area (Å²) >= 11 is 0. The Hall–Kier alpha value is -1.94. The molecule has 12 radical (unpaired) electrons. The molecule has 1 N–H and O–H groups in total. The Balaban J connectivity index is 1.43. The van der Waals surface area contributed by atoms with Crippen molar-refractivity contribution < 1.29 is 9.53 Å². The first kappa shape index (κ1) is 34.5. The standard InChI is InChI=1S/C32H42B6N2O2/c1-2-3-4-9-12-20-30(33,34)21-13-10-7-5-6-8-11-19-28(41)42-27-18-16-17-26-29(27)25(24-39-26)31(35,36)32(37,38)40-22-14-15-23-40/h12-13,16-18,20-21,24,39H,2-11,14-15,19,22-23H2,1H3/b20-12-,21-13-. The lowest BCUT2D eigenvalue weighted by Gasteiger charge is -2.50. The fraction of sp³-hybridized carbons (Fsp3) is 0.594. The zero-order chi connectivity index (χ0) is 30.6. The lowest BCUT2D eigenvalue weighted by atomic mass is 9.31. The molecule has 0 bridgehead atoms. The second-order valence-corrected chi connectivity index (χ2v) is 11.9. The minimum absolute atomic E-state index is 0.298. The van der Waals surface area contributed by atoms with Crippen LogP contribution in [0.2, 0.25) is 5.21 Å². The van der Waals surface area contributed by atoms with Gasteiger partial charge in [0.05, 0.1) is 47.1 Å². The van der Waals surface area contributed by atoms with Crippen molar-refractivity contribution in [2.45, 2.75) is 106 Å². The summed E-state index contributed by atoms with van der Waals surface area (Å²) in [6, 6.07) is 5.43. The molecule has 0 spiro atoms. The molecule has 1 aromatic heterocycles. The number of fused-ring (bicyclic) bond motifs is 1. The number of carbonyl (C=O) groups excluding carboxylic acids is 1. The number of aromatic amines is 1. The van der Waals surface area contributed by atoms with Crippen LogP contribution in [0.15, 0.2) is 48.7 Å². The third-order valence-corrected chi connectivity index (χ3v) is 8.17. The Morgan fingerprint density at radius 1 is 0.905 bits per heavy atom. The zero-order valence-electron chi connectivity index (χ0n) is 25.5. The van der Waals surface area contributed by atoms with E-state index >= 15 is 0 Å². The van der Waals surface area contributed by atoms with Gasteiger partial charge in [-0.1, -0.05) is 85.2 Å². The zero-order valence-corrected chi connectivity index (χ0v) is 25.5. The quantitative estimate of drug-likeness (QED) is 0.0872. The Morgan fingerprint density at radius 3 is 2.19 bits per heavy atom. The van der Waals surface area contributed by atoms with Gasteiger partial charge in [0.25, 0.3) is 0 Å². The number of hydrogen-bond donors (Lipinski definition) is 1. The Bertz CT molecular complexity index is 1180. The van der Waals surface area contributed by atoms with Crippen LogP contribution in [0.5, 0.6) is 5.75 Å². The third kappa shape index (κ3) is 9.53. The number of allylic oxidation sites excluding steroid dienone is 4. The van der Waals surface area contributed by atoms with Crippen LogP contribution in [-0.2, 0) is 10.0 Å². The number of H-pyrrole nitrogens is 1. The Kier molecular flexibility index (Phi) is 13.3. The highest BCUT2D eigenvalue weighted by molar-refractivity contribution is 6.54. The van der Waals surface area contributed by atoms with Crippen molar-refractivity contribution in [3.05, 3.63) is 54.3 Å². The molecule has 0 aliphatic carbocycles. The van der Waals surface area contributed by atoms with Gasteiger partial charge in [0.2, 0.25) is 0 Å². The van der Waals surface area contributed by atoms with Crippen LogP contribution in [0.25, 0.3) is 10.9 Å². The maximum atomic E-state index is 12.7. The van der Waals surface area contributed by atoms with Crippen molar-refractivity contribution in [2.75, 3.05) is 13.1 Å². The number of esters is 1. The van der Waals surface area contributed by atoms with Gasteiger partial charge in [0.1, 0.15) is 5.75 Å². The van der Waals surface area contributed by atoms with Crippen molar-refractivity contribution in [2.24, 2.45) is 0 Å². The topological polar surface area (TPSA) is 45.3 Å². The van der Waals surface area contributed by atoms with E-state index < -0.39 is 15.8 Å². The van der Waals surface area contributed by atoms with Crippen LogP contribution in [0.1, 0.15) is 96.0 Å². The van der Waals surface area contributed by atoms with Crippen molar-refractivity contribution in [1.29, 1.82) is 0 Å². The summed E-state index contributed by atoms with van der Waals surface area (Å²) in [6.45, 7) is 3.64. The number of likely N-dealkylation sites (tertiary alicyclic amines) is 1. The van der Waals surface area contributed by atoms with Gasteiger partial charge in [0, 0.05) is 23.5 Å². The van der Waals surface area contributed by atoms with E-state index in [9.17, 15) is 4.79 Å². The summed E-state index contributed by atoms with van der Waals surface area (Å²) in [5.74, 6) is 0.0956. The second-order valence-electron chi connectivity index (χ2n) is 11.9. The summed E-state index contributed by atoms with van der Waals surface area (Å²) in [5.41, 5.74) is 1.25. The first-order valence-corrected chi connectivity index (χ1v) is 15.6. The number of benzene rings is 1. The van der Waals surface area contributed by atoms with Crippen molar-refractivity contribution in [3.8, 4) is 5.75 Å². The number of nitrogens with zero attached hydrogens (tertiary/aromatic N) is 1. The third-order valence-electron chi connectivity index (χ3n) is 8.17. The molecule has 1 aromatic carbocycles. The highest BCUT2D eigenvalue weighted by Crippen LogP contribution is 2.40. The average Bonchev–Trinajstić information content (AvgIpc) is 3.64. The molecule has 42 heavy (non-hydrogen) atoms. The second kappa shape index (κ2) is 16.2. The van der Waals surface area contributed by atoms with Crippen LogP contribution in [0, 0.1) is 0 Å². The number of hydrogen-bond acceptors (Lipinski definition) is 3. The van der Waals surface area contributed by atoms with Gasteiger partial charge in [-0.05, 0) is 75.7 Å². The largest absolute Gasteiger partial charge is 0.426 e. The summed E-state index contributed by atoms with van der Waals surface area (Å²) in [6.07, 6.45) is 22.3. The molecule has 2 aromatic rings. The highest BCUT2D eigenvalue weighted by atomic mass is 16.5. The summed E-state index contributed by atoms with van der Waals surface area (Å²) < 4.78 is 5.79. The molecule has 210 valence electrons. The van der Waals surface area contributed by atoms with Crippen molar-refractivity contribution in [1.82, 2.24) is 9.88 Å². The molecule has 3 rings (SSSR count). The number of unbranched alkanes of at least 4 members (excludes halogenated alkanes) is 8. The van der Waals surface area contributed by atoms with E-state index in [1.54, 1.807) is 12.3 Å². The average molecular weight is 552 g/mol. The van der Waals surface area contributed by atoms with Crippen LogP contribution < -0.4 is 4.74 Å². The SMILES string of the molecule is [B]C([B])(/C=C\CCCCC)/C=C\CCCCCCCC(=O)Oc1cccc2[nH]cc(C([B])([B])C([B])([B])N3CCCC3)c12. The van der Waals surface area contributed by atoms with E-state index in [-0.39, 0.29) is 5.97 Å². The lowest BCUT2D eigenvalue weighted by Crippen LogP contribution is -2.64. The lowest BCUT2D eigenvalue weighted by molar-refractivity contribution is -0.134. The van der Waals surface area contributed by atoms with Crippen LogP contribution in [-0.4, -0.2) is 81.4 Å². The fourth-order valence-corrected chi connectivity index (χ4v) is 5.51. The molecule has 0 amide bonds. The predicted octanol–water partition coefficient (Wildman–Crippen LogP) is 5.53. The number of rotatable bonds is 18. The van der Waals surface area contributed by atoms with Crippen LogP contribution in [0.4, 0.5) is 0 Å². The van der Waals surface area contributed by atoms with Crippen molar-refractivity contribution in [3.63, 3.8) is 0 Å². The van der Waals surface area contributed by atoms with Crippen molar-refractivity contribution >= 4 is 63.9 Å². The Morgan fingerprint density at radius 2 is 1.52 bits per heavy atom. The minimum Gasteiger partial charge on any atom is -0.426 e. The van der Waals surface area contributed by atoms with E-state index in [1.165, 1.54) is 19.3 Å². The van der Waals surface area contributed by atoms with E-state index in [4.69, 9.17) is 51.8 Å². The van der Waals surface area contributed by atoms with Gasteiger partial charge < -0.3 is 14.6 Å². The van der Waals surface area contributed by atoms with Crippen LogP contribution >= 0.6 is 0 Å². The summed E-state index contributed by atoms with van der Waals surface area (Å²) in [5, 5.41) is -3.34. The van der Waals surface area contributed by atoms with Gasteiger partial charge in [-0.25, -0.2) is 0 Å². The van der Waals surface area contributed by atoms with Gasteiger partial charge in [-0.2, -0.15) is 0 Å². The van der Waals surface area contributed by atoms with Gasteiger partial charge in [-0.3, -0.25) is 4.79 Å². The van der Waals surface area contributed by atoms with Gasteiger partial charge in [0.15, 0.2) is 0 Å². The minimum atomic E-state index is -1.59. The van der Waals surface area contributed by atoms with Gasteiger partial charge >= 0.3 is 5.97 Å². The normalized spacial score (nSPS) is 15.4. The number of aromatic nitrogens is 1. The van der Waals surface area contributed by atoms with E-state index in [0.29, 0.717) is 23.1 Å². The molecule has 1 aliphatic rings. The molecule has 4 nitrogen and oxygen atoms in total. The molecule has 2 heterocycles. The molecule has 0 atom stereocenters. The monoisotopic (exact) mass is 552 g/mol. The summed E-state index contributed by atoms with van der Waals surface area (Å²) in [4.78, 5) is 17.8. The molecule has 10 heteroatoms. The molecule has 1 aliphatic heterocycles. The Labute approximate surface area is 262 Å². The number of nitrogens with one attached hydrogen (secondary N) is 1. The maximum Gasteiger partial charge on any atom is 0.311 e. The number of carbonyl (C=O) groups is 1. The van der Waals surface area contributed by atoms with E-state index in [1.807, 2.05) is 29.2 Å². The van der Waals surface area contributed by atoms with Gasteiger partial charge in [-0.15, -0.1) is 0 Å². The highest BCUT2D eigenvalue weighted by Gasteiger charge is 2.42. The molecule has 1 fully saturated rings. The van der Waals surface area contributed by atoms with E-state index in [0.717, 1.165) is 76.4 Å². The first-order chi connectivity index (χ1) is 20.0. The molecular formula is C32H42B6N2O2. The molecule has 1 saturated heterocycles. The fourth-order valence-electron chi connectivity index (χ4n) is 5.51. The first-order valence-electron chi connectivity index (χ1n) is 15.6.